The summed E-state index contributed by atoms with van der Waals surface area (Å²) in [6.45, 7) is 2.25. The highest BCUT2D eigenvalue weighted by Crippen LogP contribution is 2.38. The van der Waals surface area contributed by atoms with Crippen LogP contribution >= 0.6 is 11.3 Å². The summed E-state index contributed by atoms with van der Waals surface area (Å²) in [6.07, 6.45) is 4.62. The first kappa shape index (κ1) is 11.0. The van der Waals surface area contributed by atoms with E-state index in [2.05, 4.69) is 4.98 Å². The van der Waals surface area contributed by atoms with Gasteiger partial charge in [0.15, 0.2) is 0 Å². The normalized spacial score (nSPS) is 19.7. The second kappa shape index (κ2) is 4.60. The summed E-state index contributed by atoms with van der Waals surface area (Å²) < 4.78 is 0. The molecule has 0 amide bonds. The Morgan fingerprint density at radius 3 is 2.80 bits per heavy atom. The number of thiazole rings is 1. The lowest BCUT2D eigenvalue weighted by atomic mass is 10.1. The minimum Gasteiger partial charge on any atom is -0.386 e. The van der Waals surface area contributed by atoms with Crippen LogP contribution in [0.2, 0.25) is 0 Å². The van der Waals surface area contributed by atoms with Crippen LogP contribution in [-0.2, 0) is 0 Å². The number of aliphatic hydroxyl groups excluding tert-OH is 1. The second-order valence-electron chi connectivity index (χ2n) is 4.23. The Hall–Kier alpha value is -0.450. The van der Waals surface area contributed by atoms with Gasteiger partial charge in [-0.2, -0.15) is 0 Å². The minimum atomic E-state index is -0.530. The SMILES string of the molecule is Cc1nc(C2CCCC2)sc1C(O)CN. The van der Waals surface area contributed by atoms with Crippen LogP contribution in [0.1, 0.15) is 53.3 Å². The van der Waals surface area contributed by atoms with Gasteiger partial charge in [0.05, 0.1) is 15.6 Å². The molecule has 4 heteroatoms. The van der Waals surface area contributed by atoms with Crippen molar-refractivity contribution in [2.45, 2.75) is 44.6 Å². The number of nitrogens with zero attached hydrogens (tertiary/aromatic N) is 1. The standard InChI is InChI=1S/C11H18N2OS/c1-7-10(9(14)6-12)15-11(13-7)8-4-2-3-5-8/h8-9,14H,2-6,12H2,1H3. The number of rotatable bonds is 3. The molecule has 1 aromatic rings. The van der Waals surface area contributed by atoms with Crippen molar-refractivity contribution in [3.05, 3.63) is 15.6 Å². The quantitative estimate of drug-likeness (QED) is 0.829. The van der Waals surface area contributed by atoms with Gasteiger partial charge in [-0.25, -0.2) is 4.98 Å². The summed E-state index contributed by atoms with van der Waals surface area (Å²) in [5, 5.41) is 10.9. The van der Waals surface area contributed by atoms with Gasteiger partial charge in [0.25, 0.3) is 0 Å². The molecule has 1 heterocycles. The molecule has 1 atom stereocenters. The molecule has 0 bridgehead atoms. The molecule has 0 aromatic carbocycles. The predicted octanol–water partition coefficient (Wildman–Crippen LogP) is 2.10. The van der Waals surface area contributed by atoms with Gasteiger partial charge in [0.2, 0.25) is 0 Å². The smallest absolute Gasteiger partial charge is 0.102 e. The van der Waals surface area contributed by atoms with Gasteiger partial charge < -0.3 is 10.8 Å². The van der Waals surface area contributed by atoms with E-state index in [-0.39, 0.29) is 6.54 Å². The average molecular weight is 226 g/mol. The van der Waals surface area contributed by atoms with Crippen molar-refractivity contribution >= 4 is 11.3 Å². The van der Waals surface area contributed by atoms with Crippen LogP contribution in [0.25, 0.3) is 0 Å². The van der Waals surface area contributed by atoms with E-state index >= 15 is 0 Å². The molecule has 0 radical (unpaired) electrons. The van der Waals surface area contributed by atoms with Crippen LogP contribution in [0, 0.1) is 6.92 Å². The van der Waals surface area contributed by atoms with Gasteiger partial charge in [-0.05, 0) is 19.8 Å². The number of hydrogen-bond acceptors (Lipinski definition) is 4. The average Bonchev–Trinajstić information content (AvgIpc) is 2.84. The molecule has 1 fully saturated rings. The van der Waals surface area contributed by atoms with Crippen molar-refractivity contribution in [2.75, 3.05) is 6.54 Å². The van der Waals surface area contributed by atoms with Crippen LogP contribution in [-0.4, -0.2) is 16.6 Å². The predicted molar refractivity (Wildman–Crippen MR) is 62.1 cm³/mol. The zero-order valence-corrected chi connectivity index (χ0v) is 9.89. The molecule has 3 nitrogen and oxygen atoms in total. The van der Waals surface area contributed by atoms with Crippen LogP contribution in [0.4, 0.5) is 0 Å². The summed E-state index contributed by atoms with van der Waals surface area (Å²) in [4.78, 5) is 5.52. The summed E-state index contributed by atoms with van der Waals surface area (Å²) in [5.74, 6) is 0.632. The molecule has 1 aromatic heterocycles. The van der Waals surface area contributed by atoms with E-state index in [1.807, 2.05) is 6.92 Å². The highest BCUT2D eigenvalue weighted by molar-refractivity contribution is 7.11. The first-order valence-electron chi connectivity index (χ1n) is 5.57. The van der Waals surface area contributed by atoms with Gasteiger partial charge in [0.1, 0.15) is 6.10 Å². The zero-order valence-electron chi connectivity index (χ0n) is 9.07. The lowest BCUT2D eigenvalue weighted by Crippen LogP contribution is -2.10. The van der Waals surface area contributed by atoms with Crippen molar-refractivity contribution in [2.24, 2.45) is 5.73 Å². The Balaban J connectivity index is 2.20. The third-order valence-electron chi connectivity index (χ3n) is 3.08. The van der Waals surface area contributed by atoms with Crippen molar-refractivity contribution in [1.82, 2.24) is 4.98 Å². The summed E-state index contributed by atoms with van der Waals surface area (Å²) in [6, 6.07) is 0. The van der Waals surface area contributed by atoms with E-state index in [4.69, 9.17) is 5.73 Å². The number of nitrogens with two attached hydrogens (primary N) is 1. The van der Waals surface area contributed by atoms with Crippen LogP contribution in [0.15, 0.2) is 0 Å². The number of aryl methyl sites for hydroxylation is 1. The molecule has 84 valence electrons. The van der Waals surface area contributed by atoms with Crippen LogP contribution < -0.4 is 5.73 Å². The first-order valence-corrected chi connectivity index (χ1v) is 6.39. The lowest BCUT2D eigenvalue weighted by Gasteiger charge is -2.04. The molecule has 3 N–H and O–H groups in total. The summed E-state index contributed by atoms with van der Waals surface area (Å²) >= 11 is 1.65. The number of hydrogen-bond donors (Lipinski definition) is 2. The van der Waals surface area contributed by atoms with E-state index in [0.29, 0.717) is 5.92 Å². The number of aromatic nitrogens is 1. The first-order chi connectivity index (χ1) is 7.22. The van der Waals surface area contributed by atoms with E-state index in [0.717, 1.165) is 10.6 Å². The summed E-state index contributed by atoms with van der Waals surface area (Å²) in [7, 11) is 0. The Labute approximate surface area is 94.3 Å². The van der Waals surface area contributed by atoms with Crippen molar-refractivity contribution in [3.63, 3.8) is 0 Å². The Kier molecular flexibility index (Phi) is 3.38. The summed E-state index contributed by atoms with van der Waals surface area (Å²) in [5.41, 5.74) is 6.42. The molecule has 1 aliphatic carbocycles. The van der Waals surface area contributed by atoms with Gasteiger partial charge in [-0.3, -0.25) is 0 Å². The molecule has 15 heavy (non-hydrogen) atoms. The Bertz CT molecular complexity index is 331. The lowest BCUT2D eigenvalue weighted by molar-refractivity contribution is 0.189. The fourth-order valence-electron chi connectivity index (χ4n) is 2.19. The largest absolute Gasteiger partial charge is 0.386 e. The molecule has 2 rings (SSSR count). The second-order valence-corrected chi connectivity index (χ2v) is 5.30. The molecule has 0 saturated heterocycles. The molecular weight excluding hydrogens is 208 g/mol. The van der Waals surface area contributed by atoms with Gasteiger partial charge in [-0.1, -0.05) is 12.8 Å². The topological polar surface area (TPSA) is 59.1 Å². The van der Waals surface area contributed by atoms with Crippen LogP contribution in [0.5, 0.6) is 0 Å². The van der Waals surface area contributed by atoms with Gasteiger partial charge in [-0.15, -0.1) is 11.3 Å². The minimum absolute atomic E-state index is 0.285. The van der Waals surface area contributed by atoms with E-state index in [1.54, 1.807) is 11.3 Å². The Morgan fingerprint density at radius 2 is 2.20 bits per heavy atom. The molecule has 0 aliphatic heterocycles. The van der Waals surface area contributed by atoms with E-state index in [1.165, 1.54) is 30.7 Å². The molecular formula is C11H18N2OS. The molecule has 0 spiro atoms. The van der Waals surface area contributed by atoms with Crippen LogP contribution in [0.3, 0.4) is 0 Å². The molecule has 1 unspecified atom stereocenters. The third-order valence-corrected chi connectivity index (χ3v) is 4.50. The number of aliphatic hydroxyl groups is 1. The third kappa shape index (κ3) is 2.22. The highest BCUT2D eigenvalue weighted by Gasteiger charge is 2.23. The van der Waals surface area contributed by atoms with Crippen molar-refractivity contribution < 1.29 is 5.11 Å². The maximum absolute atomic E-state index is 9.71. The van der Waals surface area contributed by atoms with Gasteiger partial charge >= 0.3 is 0 Å². The van der Waals surface area contributed by atoms with Gasteiger partial charge in [0, 0.05) is 12.5 Å². The van der Waals surface area contributed by atoms with Crippen molar-refractivity contribution in [1.29, 1.82) is 0 Å². The fourth-order valence-corrected chi connectivity index (χ4v) is 3.43. The fraction of sp³-hybridized carbons (Fsp3) is 0.727. The molecule has 1 saturated carbocycles. The van der Waals surface area contributed by atoms with E-state index < -0.39 is 6.10 Å². The molecule has 1 aliphatic rings. The Morgan fingerprint density at radius 1 is 1.53 bits per heavy atom. The maximum Gasteiger partial charge on any atom is 0.102 e. The van der Waals surface area contributed by atoms with E-state index in [9.17, 15) is 5.11 Å². The monoisotopic (exact) mass is 226 g/mol. The van der Waals surface area contributed by atoms with Crippen molar-refractivity contribution in [3.8, 4) is 0 Å². The maximum atomic E-state index is 9.71. The highest BCUT2D eigenvalue weighted by atomic mass is 32.1. The zero-order chi connectivity index (χ0) is 10.8.